The van der Waals surface area contributed by atoms with Crippen LogP contribution in [0.1, 0.15) is 30.1 Å². The molecule has 0 unspecified atom stereocenters. The van der Waals surface area contributed by atoms with Crippen LogP contribution in [-0.2, 0) is 10.0 Å². The Labute approximate surface area is 167 Å². The van der Waals surface area contributed by atoms with Gasteiger partial charge in [0.25, 0.3) is 5.91 Å². The Bertz CT molecular complexity index is 940. The van der Waals surface area contributed by atoms with E-state index in [0.717, 1.165) is 17.3 Å². The number of sulfonamides is 1. The molecule has 1 aliphatic rings. The number of halogens is 1. The summed E-state index contributed by atoms with van der Waals surface area (Å²) < 4.78 is 33.8. The maximum atomic E-state index is 13.0. The summed E-state index contributed by atoms with van der Waals surface area (Å²) in [6.07, 6.45) is 1.68. The number of hydrogen-bond donors (Lipinski definition) is 1. The zero-order valence-electron chi connectivity index (χ0n) is 14.9. The first-order valence-corrected chi connectivity index (χ1v) is 11.0. The van der Waals surface area contributed by atoms with Crippen LogP contribution >= 0.6 is 15.9 Å². The molecule has 27 heavy (non-hydrogen) atoms. The molecule has 1 amide bonds. The molecule has 6 nitrogen and oxygen atoms in total. The second kappa shape index (κ2) is 8.41. The van der Waals surface area contributed by atoms with Crippen LogP contribution in [0.5, 0.6) is 5.75 Å². The second-order valence-electron chi connectivity index (χ2n) is 6.17. The summed E-state index contributed by atoms with van der Waals surface area (Å²) in [7, 11) is -3.71. The van der Waals surface area contributed by atoms with Crippen LogP contribution in [0.15, 0.2) is 51.8 Å². The minimum atomic E-state index is -3.71. The van der Waals surface area contributed by atoms with Crippen LogP contribution in [-0.4, -0.2) is 38.3 Å². The number of amides is 1. The van der Waals surface area contributed by atoms with Gasteiger partial charge in [-0.25, -0.2) is 8.42 Å². The van der Waals surface area contributed by atoms with E-state index in [0.29, 0.717) is 25.4 Å². The molecule has 0 radical (unpaired) electrons. The van der Waals surface area contributed by atoms with Gasteiger partial charge in [-0.1, -0.05) is 22.0 Å². The van der Waals surface area contributed by atoms with Crippen molar-refractivity contribution in [2.24, 2.45) is 0 Å². The zero-order valence-corrected chi connectivity index (χ0v) is 17.3. The van der Waals surface area contributed by atoms with Crippen LogP contribution < -0.4 is 10.1 Å². The lowest BCUT2D eigenvalue weighted by Crippen LogP contribution is -2.28. The average molecular weight is 453 g/mol. The standard InChI is InChI=1S/C19H21BrN2O4S/c1-2-26-17-9-8-14(19(23)21-16-7-5-6-15(20)13-16)12-18(17)27(24,25)22-10-3-4-11-22/h5-9,12-13H,2-4,10-11H2,1H3,(H,21,23). The van der Waals surface area contributed by atoms with Crippen molar-refractivity contribution >= 4 is 37.5 Å². The van der Waals surface area contributed by atoms with E-state index in [-0.39, 0.29) is 22.1 Å². The van der Waals surface area contributed by atoms with Gasteiger partial charge in [0.2, 0.25) is 10.0 Å². The monoisotopic (exact) mass is 452 g/mol. The molecular weight excluding hydrogens is 432 g/mol. The number of carbonyl (C=O) groups excluding carboxylic acids is 1. The van der Waals surface area contributed by atoms with Crippen molar-refractivity contribution in [3.05, 3.63) is 52.5 Å². The summed E-state index contributed by atoms with van der Waals surface area (Å²) in [5.41, 5.74) is 0.878. The van der Waals surface area contributed by atoms with Crippen molar-refractivity contribution in [1.82, 2.24) is 4.31 Å². The summed E-state index contributed by atoms with van der Waals surface area (Å²) in [6.45, 7) is 3.11. The highest BCUT2D eigenvalue weighted by atomic mass is 79.9. The molecule has 8 heteroatoms. The van der Waals surface area contributed by atoms with Crippen molar-refractivity contribution in [1.29, 1.82) is 0 Å². The number of rotatable bonds is 6. The smallest absolute Gasteiger partial charge is 0.255 e. The van der Waals surface area contributed by atoms with Crippen molar-refractivity contribution in [2.75, 3.05) is 25.0 Å². The molecule has 0 bridgehead atoms. The fraction of sp³-hybridized carbons (Fsp3) is 0.316. The lowest BCUT2D eigenvalue weighted by molar-refractivity contribution is 0.102. The van der Waals surface area contributed by atoms with Crippen molar-refractivity contribution in [3.8, 4) is 5.75 Å². The average Bonchev–Trinajstić information content (AvgIpc) is 3.17. The summed E-state index contributed by atoms with van der Waals surface area (Å²) in [6, 6.07) is 11.7. The Morgan fingerprint density at radius 3 is 2.59 bits per heavy atom. The quantitative estimate of drug-likeness (QED) is 0.721. The lowest BCUT2D eigenvalue weighted by atomic mass is 10.2. The van der Waals surface area contributed by atoms with Crippen molar-refractivity contribution in [3.63, 3.8) is 0 Å². The summed E-state index contributed by atoms with van der Waals surface area (Å²) >= 11 is 3.36. The molecule has 1 fully saturated rings. The predicted molar refractivity (Wildman–Crippen MR) is 108 cm³/mol. The highest BCUT2D eigenvalue weighted by molar-refractivity contribution is 9.10. The van der Waals surface area contributed by atoms with E-state index in [1.54, 1.807) is 37.3 Å². The van der Waals surface area contributed by atoms with E-state index in [9.17, 15) is 13.2 Å². The van der Waals surface area contributed by atoms with E-state index in [1.807, 2.05) is 6.07 Å². The van der Waals surface area contributed by atoms with Crippen molar-refractivity contribution in [2.45, 2.75) is 24.7 Å². The van der Waals surface area contributed by atoms with Crippen LogP contribution in [0.4, 0.5) is 5.69 Å². The number of anilines is 1. The molecule has 0 saturated carbocycles. The Morgan fingerprint density at radius 2 is 1.93 bits per heavy atom. The first kappa shape index (κ1) is 19.9. The predicted octanol–water partition coefficient (Wildman–Crippen LogP) is 3.88. The molecule has 0 atom stereocenters. The molecule has 1 aliphatic heterocycles. The van der Waals surface area contributed by atoms with Crippen LogP contribution in [0, 0.1) is 0 Å². The molecule has 0 aromatic heterocycles. The van der Waals surface area contributed by atoms with E-state index < -0.39 is 10.0 Å². The third-order valence-electron chi connectivity index (χ3n) is 4.27. The first-order valence-electron chi connectivity index (χ1n) is 8.75. The number of carbonyl (C=O) groups is 1. The molecule has 1 N–H and O–H groups in total. The van der Waals surface area contributed by atoms with Gasteiger partial charge in [-0.3, -0.25) is 4.79 Å². The Balaban J connectivity index is 1.94. The SMILES string of the molecule is CCOc1ccc(C(=O)Nc2cccc(Br)c2)cc1S(=O)(=O)N1CCCC1. The molecule has 1 saturated heterocycles. The topological polar surface area (TPSA) is 75.7 Å². The van der Waals surface area contributed by atoms with Gasteiger partial charge in [-0.15, -0.1) is 0 Å². The maximum absolute atomic E-state index is 13.0. The molecule has 0 spiro atoms. The minimum absolute atomic E-state index is 0.0353. The van der Waals surface area contributed by atoms with Gasteiger partial charge in [0.05, 0.1) is 6.61 Å². The van der Waals surface area contributed by atoms with Gasteiger partial charge in [-0.05, 0) is 56.2 Å². The number of hydrogen-bond acceptors (Lipinski definition) is 4. The summed E-state index contributed by atoms with van der Waals surface area (Å²) in [5, 5.41) is 2.78. The largest absolute Gasteiger partial charge is 0.492 e. The maximum Gasteiger partial charge on any atom is 0.255 e. The van der Waals surface area contributed by atoms with Gasteiger partial charge in [-0.2, -0.15) is 4.31 Å². The molecule has 1 heterocycles. The first-order chi connectivity index (χ1) is 12.9. The number of ether oxygens (including phenoxy) is 1. The summed E-state index contributed by atoms with van der Waals surface area (Å²) in [5.74, 6) is -0.113. The van der Waals surface area contributed by atoms with Crippen LogP contribution in [0.3, 0.4) is 0 Å². The third kappa shape index (κ3) is 4.51. The Hall–Kier alpha value is -1.90. The Kier molecular flexibility index (Phi) is 6.18. The molecule has 2 aromatic rings. The van der Waals surface area contributed by atoms with Gasteiger partial charge >= 0.3 is 0 Å². The van der Waals surface area contributed by atoms with Crippen LogP contribution in [0.25, 0.3) is 0 Å². The fourth-order valence-electron chi connectivity index (χ4n) is 2.96. The van der Waals surface area contributed by atoms with Gasteiger partial charge in [0, 0.05) is 28.8 Å². The summed E-state index contributed by atoms with van der Waals surface area (Å²) in [4.78, 5) is 12.7. The number of nitrogens with one attached hydrogen (secondary N) is 1. The molecule has 3 rings (SSSR count). The van der Waals surface area contributed by atoms with Gasteiger partial charge in [0.15, 0.2) is 0 Å². The van der Waals surface area contributed by atoms with E-state index in [2.05, 4.69) is 21.2 Å². The highest BCUT2D eigenvalue weighted by Gasteiger charge is 2.30. The normalized spacial score (nSPS) is 14.9. The number of nitrogens with zero attached hydrogens (tertiary/aromatic N) is 1. The minimum Gasteiger partial charge on any atom is -0.492 e. The molecule has 144 valence electrons. The van der Waals surface area contributed by atoms with Gasteiger partial charge in [0.1, 0.15) is 10.6 Å². The Morgan fingerprint density at radius 1 is 1.19 bits per heavy atom. The van der Waals surface area contributed by atoms with E-state index in [4.69, 9.17) is 4.74 Å². The van der Waals surface area contributed by atoms with E-state index >= 15 is 0 Å². The lowest BCUT2D eigenvalue weighted by Gasteiger charge is -2.19. The second-order valence-corrected chi connectivity index (χ2v) is 8.99. The van der Waals surface area contributed by atoms with Crippen molar-refractivity contribution < 1.29 is 17.9 Å². The third-order valence-corrected chi connectivity index (χ3v) is 6.68. The fourth-order valence-corrected chi connectivity index (χ4v) is 5.04. The molecular formula is C19H21BrN2O4S. The molecule has 0 aliphatic carbocycles. The highest BCUT2D eigenvalue weighted by Crippen LogP contribution is 2.30. The van der Waals surface area contributed by atoms with Gasteiger partial charge < -0.3 is 10.1 Å². The zero-order chi connectivity index (χ0) is 19.4. The molecule has 2 aromatic carbocycles. The van der Waals surface area contributed by atoms with Crippen LogP contribution in [0.2, 0.25) is 0 Å². The number of benzene rings is 2. The van der Waals surface area contributed by atoms with E-state index in [1.165, 1.54) is 10.4 Å².